The maximum atomic E-state index is 12.8. The van der Waals surface area contributed by atoms with Crippen molar-refractivity contribution in [1.29, 1.82) is 0 Å². The smallest absolute Gasteiger partial charge is 0.241 e. The first-order valence-corrected chi connectivity index (χ1v) is 10.7. The molecule has 3 aromatic rings. The largest absolute Gasteiger partial charge is 0.496 e. The lowest BCUT2D eigenvalue weighted by Crippen LogP contribution is -2.42. The summed E-state index contributed by atoms with van der Waals surface area (Å²) < 4.78 is 10.8. The van der Waals surface area contributed by atoms with Gasteiger partial charge in [-0.05, 0) is 37.6 Å². The topological polar surface area (TPSA) is 80.5 Å². The molecule has 1 saturated heterocycles. The third-order valence-electron chi connectivity index (χ3n) is 5.46. The van der Waals surface area contributed by atoms with Gasteiger partial charge in [-0.25, -0.2) is 0 Å². The summed E-state index contributed by atoms with van der Waals surface area (Å²) in [4.78, 5) is 19.4. The van der Waals surface area contributed by atoms with Crippen molar-refractivity contribution in [2.24, 2.45) is 5.92 Å². The summed E-state index contributed by atoms with van der Waals surface area (Å²) in [6.45, 7) is 2.50. The predicted molar refractivity (Wildman–Crippen MR) is 118 cm³/mol. The van der Waals surface area contributed by atoms with Crippen molar-refractivity contribution in [3.05, 3.63) is 65.0 Å². The molecule has 1 aliphatic heterocycles. The van der Waals surface area contributed by atoms with Crippen LogP contribution in [0.5, 0.6) is 5.75 Å². The fourth-order valence-electron chi connectivity index (χ4n) is 3.85. The second-order valence-corrected chi connectivity index (χ2v) is 8.00. The van der Waals surface area contributed by atoms with Gasteiger partial charge >= 0.3 is 0 Å². The predicted octanol–water partition coefficient (Wildman–Crippen LogP) is 3.93. The van der Waals surface area contributed by atoms with Gasteiger partial charge in [0.2, 0.25) is 17.6 Å². The molecule has 162 valence electrons. The third kappa shape index (κ3) is 5.24. The van der Waals surface area contributed by atoms with Crippen LogP contribution in [-0.2, 0) is 17.9 Å². The van der Waals surface area contributed by atoms with Crippen molar-refractivity contribution >= 4 is 17.5 Å². The second-order valence-electron chi connectivity index (χ2n) is 7.60. The molecule has 0 saturated carbocycles. The lowest BCUT2D eigenvalue weighted by Gasteiger charge is -2.30. The van der Waals surface area contributed by atoms with E-state index in [1.54, 1.807) is 13.2 Å². The van der Waals surface area contributed by atoms with E-state index in [9.17, 15) is 4.79 Å². The minimum atomic E-state index is -0.0746. The summed E-state index contributed by atoms with van der Waals surface area (Å²) in [5, 5.41) is 7.69. The van der Waals surface area contributed by atoms with Crippen LogP contribution in [0.2, 0.25) is 5.02 Å². The summed E-state index contributed by atoms with van der Waals surface area (Å²) in [5.74, 6) is 1.75. The fraction of sp³-hybridized carbons (Fsp3) is 0.348. The molecule has 0 bridgehead atoms. The van der Waals surface area contributed by atoms with Crippen LogP contribution in [-0.4, -0.2) is 41.1 Å². The number of amides is 1. The molecular formula is C23H25ClN4O3. The highest BCUT2D eigenvalue weighted by molar-refractivity contribution is 6.33. The number of carbonyl (C=O) groups is 1. The van der Waals surface area contributed by atoms with Crippen molar-refractivity contribution in [1.82, 2.24) is 20.4 Å². The molecular weight excluding hydrogens is 416 g/mol. The molecule has 0 spiro atoms. The average Bonchev–Trinajstić information content (AvgIpc) is 3.26. The summed E-state index contributed by atoms with van der Waals surface area (Å²) in [7, 11) is 1.63. The average molecular weight is 441 g/mol. The van der Waals surface area contributed by atoms with Gasteiger partial charge in [-0.2, -0.15) is 4.98 Å². The molecule has 1 N–H and O–H groups in total. The summed E-state index contributed by atoms with van der Waals surface area (Å²) >= 11 is 6.22. The quantitative estimate of drug-likeness (QED) is 0.599. The number of nitrogens with one attached hydrogen (secondary N) is 1. The molecule has 0 aliphatic carbocycles. The number of benzene rings is 2. The zero-order chi connectivity index (χ0) is 21.6. The Hall–Kier alpha value is -2.90. The number of carbonyl (C=O) groups excluding carboxylic acids is 1. The normalized spacial score (nSPS) is 16.8. The van der Waals surface area contributed by atoms with Crippen LogP contribution in [0.15, 0.2) is 53.1 Å². The Morgan fingerprint density at radius 3 is 2.90 bits per heavy atom. The molecule has 1 aromatic heterocycles. The van der Waals surface area contributed by atoms with Crippen LogP contribution in [0.4, 0.5) is 0 Å². The lowest BCUT2D eigenvalue weighted by molar-refractivity contribution is -0.127. The summed E-state index contributed by atoms with van der Waals surface area (Å²) in [6, 6.07) is 15.1. The fourth-order valence-corrected chi connectivity index (χ4v) is 4.07. The molecule has 0 radical (unpaired) electrons. The third-order valence-corrected chi connectivity index (χ3v) is 5.79. The maximum absolute atomic E-state index is 12.8. The van der Waals surface area contributed by atoms with Crippen molar-refractivity contribution in [2.45, 2.75) is 25.9 Å². The van der Waals surface area contributed by atoms with Gasteiger partial charge in [-0.3, -0.25) is 9.69 Å². The molecule has 31 heavy (non-hydrogen) atoms. The summed E-state index contributed by atoms with van der Waals surface area (Å²) in [6.07, 6.45) is 1.81. The van der Waals surface area contributed by atoms with E-state index in [1.807, 2.05) is 42.5 Å². The van der Waals surface area contributed by atoms with Crippen molar-refractivity contribution in [3.8, 4) is 17.1 Å². The first-order chi connectivity index (χ1) is 15.1. The molecule has 2 aromatic carbocycles. The molecule has 2 heterocycles. The Morgan fingerprint density at radius 1 is 1.26 bits per heavy atom. The number of methoxy groups -OCH3 is 1. The van der Waals surface area contributed by atoms with Crippen LogP contribution < -0.4 is 10.1 Å². The molecule has 1 atom stereocenters. The highest BCUT2D eigenvalue weighted by Gasteiger charge is 2.27. The molecule has 7 nitrogen and oxygen atoms in total. The van der Waals surface area contributed by atoms with E-state index < -0.39 is 0 Å². The number of hydrogen-bond donors (Lipinski definition) is 1. The Labute approximate surface area is 186 Å². The van der Waals surface area contributed by atoms with Crippen LogP contribution in [0.1, 0.15) is 24.3 Å². The van der Waals surface area contributed by atoms with Gasteiger partial charge < -0.3 is 14.6 Å². The number of nitrogens with zero attached hydrogens (tertiary/aromatic N) is 3. The Bertz CT molecular complexity index is 1040. The van der Waals surface area contributed by atoms with Crippen LogP contribution in [0.25, 0.3) is 11.4 Å². The van der Waals surface area contributed by atoms with Crippen molar-refractivity contribution in [2.75, 3.05) is 20.2 Å². The molecule has 8 heteroatoms. The van der Waals surface area contributed by atoms with E-state index in [2.05, 4.69) is 20.4 Å². The SMILES string of the molecule is COc1ccccc1CNC(=O)C1CCCN(Cc2nc(-c3ccccc3Cl)no2)C1. The lowest BCUT2D eigenvalue weighted by atomic mass is 9.97. The van der Waals surface area contributed by atoms with Gasteiger partial charge in [0.05, 0.1) is 24.6 Å². The van der Waals surface area contributed by atoms with Gasteiger partial charge in [-0.15, -0.1) is 0 Å². The number of aromatic nitrogens is 2. The van der Waals surface area contributed by atoms with E-state index in [1.165, 1.54) is 0 Å². The number of halogens is 1. The highest BCUT2D eigenvalue weighted by Crippen LogP contribution is 2.26. The molecule has 1 aliphatic rings. The number of rotatable bonds is 7. The second kappa shape index (κ2) is 9.94. The molecule has 1 unspecified atom stereocenters. The maximum Gasteiger partial charge on any atom is 0.241 e. The van der Waals surface area contributed by atoms with E-state index in [0.717, 1.165) is 36.3 Å². The Morgan fingerprint density at radius 2 is 2.06 bits per heavy atom. The Balaban J connectivity index is 1.33. The van der Waals surface area contributed by atoms with Crippen LogP contribution >= 0.6 is 11.6 Å². The van der Waals surface area contributed by atoms with E-state index in [0.29, 0.717) is 36.4 Å². The van der Waals surface area contributed by atoms with Gasteiger partial charge in [0.1, 0.15) is 5.75 Å². The molecule has 1 fully saturated rings. The first-order valence-electron chi connectivity index (χ1n) is 10.3. The number of ether oxygens (including phenoxy) is 1. The van der Waals surface area contributed by atoms with Gasteiger partial charge in [0.25, 0.3) is 0 Å². The Kier molecular flexibility index (Phi) is 6.84. The zero-order valence-electron chi connectivity index (χ0n) is 17.4. The molecule has 4 rings (SSSR count). The van der Waals surface area contributed by atoms with Crippen LogP contribution in [0.3, 0.4) is 0 Å². The highest BCUT2D eigenvalue weighted by atomic mass is 35.5. The minimum Gasteiger partial charge on any atom is -0.496 e. The number of piperidine rings is 1. The monoisotopic (exact) mass is 440 g/mol. The van der Waals surface area contributed by atoms with Gasteiger partial charge in [0.15, 0.2) is 0 Å². The van der Waals surface area contributed by atoms with E-state index in [4.69, 9.17) is 20.9 Å². The number of likely N-dealkylation sites (tertiary alicyclic amines) is 1. The van der Waals surface area contributed by atoms with E-state index in [-0.39, 0.29) is 11.8 Å². The first kappa shape index (κ1) is 21.3. The standard InChI is InChI=1S/C23H25ClN4O3/c1-30-20-11-5-2-7-16(20)13-25-23(29)17-8-6-12-28(14-17)15-21-26-22(27-31-21)18-9-3-4-10-19(18)24/h2-5,7,9-11,17H,6,8,12-15H2,1H3,(H,25,29). The van der Waals surface area contributed by atoms with Gasteiger partial charge in [0, 0.05) is 24.2 Å². The van der Waals surface area contributed by atoms with Crippen molar-refractivity contribution < 1.29 is 14.1 Å². The van der Waals surface area contributed by atoms with Crippen LogP contribution in [0, 0.1) is 5.92 Å². The summed E-state index contributed by atoms with van der Waals surface area (Å²) in [5.41, 5.74) is 1.70. The minimum absolute atomic E-state index is 0.0536. The number of hydrogen-bond acceptors (Lipinski definition) is 6. The van der Waals surface area contributed by atoms with E-state index >= 15 is 0 Å². The van der Waals surface area contributed by atoms with Crippen molar-refractivity contribution in [3.63, 3.8) is 0 Å². The molecule has 1 amide bonds. The zero-order valence-corrected chi connectivity index (χ0v) is 18.1. The number of para-hydroxylation sites is 1. The van der Waals surface area contributed by atoms with Gasteiger partial charge in [-0.1, -0.05) is 47.1 Å².